The maximum absolute atomic E-state index is 2.86. The third kappa shape index (κ3) is 7.06. The molecule has 2 aliphatic carbocycles. The molecule has 0 spiro atoms. The van der Waals surface area contributed by atoms with Crippen LogP contribution in [0.4, 0.5) is 0 Å². The van der Waals surface area contributed by atoms with E-state index in [1.54, 1.807) is 23.2 Å². The summed E-state index contributed by atoms with van der Waals surface area (Å²) in [4.78, 5) is 0. The van der Waals surface area contributed by atoms with Crippen LogP contribution in [-0.4, -0.2) is 3.21 Å². The molecule has 0 heterocycles. The van der Waals surface area contributed by atoms with Crippen LogP contribution in [0, 0.1) is 19.8 Å². The minimum Gasteiger partial charge on any atom is -1.00 e. The first kappa shape index (κ1) is 37.5. The van der Waals surface area contributed by atoms with E-state index < -0.39 is 21.3 Å². The summed E-state index contributed by atoms with van der Waals surface area (Å²) in [5.41, 5.74) is 17.5. The van der Waals surface area contributed by atoms with Crippen molar-refractivity contribution in [3.63, 3.8) is 0 Å². The van der Waals surface area contributed by atoms with Gasteiger partial charge in [0.15, 0.2) is 0 Å². The van der Waals surface area contributed by atoms with Crippen LogP contribution in [0.3, 0.4) is 0 Å². The molecule has 0 nitrogen and oxygen atoms in total. The Labute approximate surface area is 304 Å². The normalized spacial score (nSPS) is 15.6. The first-order valence-corrected chi connectivity index (χ1v) is 20.6. The molecule has 0 bridgehead atoms. The number of aryl methyl sites for hydroxylation is 2. The standard InChI is InChI=1S/C21H25.C15H14.C8H11.2ClH.Zr/c1-20(2,3)16-7-9-18-14(12-16)11-15-13-17(21(4,5)6)8-10-19(15)18;1-12-3-7-14(8-4-12)11-15-9-5-13(2)6-10-15;1-6-4-7(2)8(3)5-6;;;/h7-13H,1-6H3;3-10H,1-2H3;4,6H,1-3H3;2*1H;/q;;;;;+2/p-2. The van der Waals surface area contributed by atoms with Crippen LogP contribution in [0.15, 0.2) is 105 Å². The Kier molecular flexibility index (Phi) is 11.1. The van der Waals surface area contributed by atoms with Gasteiger partial charge >= 0.3 is 282 Å². The van der Waals surface area contributed by atoms with E-state index in [0.717, 1.165) is 0 Å². The van der Waals surface area contributed by atoms with Crippen LogP contribution in [0.25, 0.3) is 11.1 Å². The summed E-state index contributed by atoms with van der Waals surface area (Å²) < 4.78 is 3.79. The number of fused-ring (bicyclic) bond motifs is 3. The Morgan fingerprint density at radius 1 is 0.574 bits per heavy atom. The Bertz CT molecular complexity index is 1780. The van der Waals surface area contributed by atoms with Gasteiger partial charge in [-0.05, 0) is 0 Å². The van der Waals surface area contributed by atoms with Gasteiger partial charge in [0.25, 0.3) is 0 Å². The van der Waals surface area contributed by atoms with Crippen molar-refractivity contribution in [1.29, 1.82) is 0 Å². The SMILES string of the molecule is CC1=CC(C)[C]([Zr+2](=[C](c2ccc(C)cc2)c2ccc(C)cc2)[CH]2c3cc(C(C)(C)C)ccc3-c3ccc(C(C)(C)C)cc32)=C1C.[Cl-].[Cl-]. The molecule has 6 rings (SSSR count). The van der Waals surface area contributed by atoms with E-state index in [2.05, 4.69) is 167 Å². The Balaban J connectivity index is 0.00000250. The molecule has 4 aromatic carbocycles. The number of benzene rings is 4. The van der Waals surface area contributed by atoms with Crippen LogP contribution < -0.4 is 24.8 Å². The molecule has 0 saturated carbocycles. The molecule has 0 amide bonds. The first-order chi connectivity index (χ1) is 21.1. The largest absolute Gasteiger partial charge is 1.00 e. The molecule has 0 fully saturated rings. The number of hydrogen-bond donors (Lipinski definition) is 0. The Morgan fingerprint density at radius 3 is 1.32 bits per heavy atom. The fourth-order valence-corrected chi connectivity index (χ4v) is 17.5. The van der Waals surface area contributed by atoms with E-state index in [9.17, 15) is 0 Å². The van der Waals surface area contributed by atoms with Gasteiger partial charge in [0.2, 0.25) is 0 Å². The van der Waals surface area contributed by atoms with Gasteiger partial charge in [0, 0.05) is 0 Å². The van der Waals surface area contributed by atoms with Crippen LogP contribution in [0.1, 0.15) is 110 Å². The molecule has 0 saturated heterocycles. The van der Waals surface area contributed by atoms with Crippen LogP contribution >= 0.6 is 0 Å². The number of hydrogen-bond acceptors (Lipinski definition) is 0. The van der Waals surface area contributed by atoms with Gasteiger partial charge < -0.3 is 24.8 Å². The molecule has 2 aliphatic rings. The summed E-state index contributed by atoms with van der Waals surface area (Å²) in [5, 5.41) is 0. The molecule has 0 aliphatic heterocycles. The van der Waals surface area contributed by atoms with Gasteiger partial charge in [-0.3, -0.25) is 0 Å². The van der Waals surface area contributed by atoms with Crippen LogP contribution in [-0.2, 0) is 32.1 Å². The molecule has 47 heavy (non-hydrogen) atoms. The van der Waals surface area contributed by atoms with Crippen LogP contribution in [0.2, 0.25) is 0 Å². The van der Waals surface area contributed by atoms with Crippen LogP contribution in [0.5, 0.6) is 0 Å². The minimum atomic E-state index is -2.86. The monoisotopic (exact) mass is 738 g/mol. The zero-order valence-electron chi connectivity index (χ0n) is 30.1. The quantitative estimate of drug-likeness (QED) is 0.251. The summed E-state index contributed by atoms with van der Waals surface area (Å²) in [6.07, 6.45) is 2.54. The first-order valence-electron chi connectivity index (χ1n) is 16.7. The molecular formula is C44H50Cl2Zr. The van der Waals surface area contributed by atoms with E-state index in [-0.39, 0.29) is 35.6 Å². The summed E-state index contributed by atoms with van der Waals surface area (Å²) in [6.45, 7) is 25.8. The van der Waals surface area contributed by atoms with E-state index in [4.69, 9.17) is 0 Å². The number of allylic oxidation sites excluding steroid dienone is 4. The van der Waals surface area contributed by atoms with Crippen molar-refractivity contribution in [2.24, 2.45) is 5.92 Å². The van der Waals surface area contributed by atoms with Crippen molar-refractivity contribution < 1.29 is 46.1 Å². The van der Waals surface area contributed by atoms with Crippen molar-refractivity contribution in [1.82, 2.24) is 0 Å². The summed E-state index contributed by atoms with van der Waals surface area (Å²) in [6, 6.07) is 33.8. The van der Waals surface area contributed by atoms with Gasteiger partial charge in [0.1, 0.15) is 0 Å². The van der Waals surface area contributed by atoms with E-state index >= 15 is 0 Å². The predicted octanol–water partition coefficient (Wildman–Crippen LogP) is 5.73. The van der Waals surface area contributed by atoms with Crippen molar-refractivity contribution in [3.8, 4) is 11.1 Å². The number of halogens is 2. The topological polar surface area (TPSA) is 0 Å². The summed E-state index contributed by atoms with van der Waals surface area (Å²) in [7, 11) is 0. The summed E-state index contributed by atoms with van der Waals surface area (Å²) >= 11 is -2.86. The maximum atomic E-state index is 2.61. The Hall–Kier alpha value is -2.31. The van der Waals surface area contributed by atoms with Gasteiger partial charge in [-0.15, -0.1) is 0 Å². The average molecular weight is 741 g/mol. The van der Waals surface area contributed by atoms with Crippen molar-refractivity contribution >= 4 is 3.21 Å². The summed E-state index contributed by atoms with van der Waals surface area (Å²) in [5.74, 6) is 0.453. The fourth-order valence-electron chi connectivity index (χ4n) is 7.44. The molecule has 0 aromatic heterocycles. The molecule has 4 aromatic rings. The average Bonchev–Trinajstić information content (AvgIpc) is 3.43. The zero-order valence-corrected chi connectivity index (χ0v) is 34.0. The third-order valence-electron chi connectivity index (χ3n) is 10.2. The third-order valence-corrected chi connectivity index (χ3v) is 19.4. The van der Waals surface area contributed by atoms with Gasteiger partial charge in [0.05, 0.1) is 0 Å². The van der Waals surface area contributed by atoms with Gasteiger partial charge in [-0.1, -0.05) is 0 Å². The number of rotatable bonds is 4. The van der Waals surface area contributed by atoms with Gasteiger partial charge in [-0.2, -0.15) is 0 Å². The molecule has 1 unspecified atom stereocenters. The predicted molar refractivity (Wildman–Crippen MR) is 192 cm³/mol. The zero-order chi connectivity index (χ0) is 32.4. The van der Waals surface area contributed by atoms with Crippen molar-refractivity contribution in [2.75, 3.05) is 0 Å². The smallest absolute Gasteiger partial charge is 1.00 e. The fraction of sp³-hybridized carbons (Fsp3) is 0.341. The molecular weight excluding hydrogens is 691 g/mol. The molecule has 3 heteroatoms. The van der Waals surface area contributed by atoms with Gasteiger partial charge in [-0.25, -0.2) is 0 Å². The second-order valence-corrected chi connectivity index (χ2v) is 21.7. The molecule has 244 valence electrons. The van der Waals surface area contributed by atoms with Crippen molar-refractivity contribution in [3.05, 3.63) is 150 Å². The van der Waals surface area contributed by atoms with E-state index in [1.807, 2.05) is 0 Å². The van der Waals surface area contributed by atoms with E-state index in [1.165, 1.54) is 50.1 Å². The maximum Gasteiger partial charge on any atom is -1.00 e. The second kappa shape index (κ2) is 13.9. The van der Waals surface area contributed by atoms with Crippen molar-refractivity contribution in [2.45, 2.75) is 90.6 Å². The minimum absolute atomic E-state index is 0. The van der Waals surface area contributed by atoms with E-state index in [0.29, 0.717) is 9.54 Å². The molecule has 0 N–H and O–H groups in total. The molecule has 0 radical (unpaired) electrons. The second-order valence-electron chi connectivity index (χ2n) is 15.7. The Morgan fingerprint density at radius 2 is 0.979 bits per heavy atom. The molecule has 1 atom stereocenters.